The maximum absolute atomic E-state index is 12.0. The summed E-state index contributed by atoms with van der Waals surface area (Å²) in [6, 6.07) is 13.1. The number of hydrogen-bond donors (Lipinski definition) is 3. The average Bonchev–Trinajstić information content (AvgIpc) is 2.95. The number of urea groups is 1. The van der Waals surface area contributed by atoms with Crippen molar-refractivity contribution >= 4 is 28.4 Å². The van der Waals surface area contributed by atoms with Gasteiger partial charge in [0, 0.05) is 11.4 Å². The molecule has 2 amide bonds. The smallest absolute Gasteiger partial charge is 0.323 e. The van der Waals surface area contributed by atoms with Gasteiger partial charge in [-0.15, -0.1) is 0 Å². The van der Waals surface area contributed by atoms with Gasteiger partial charge in [0.25, 0.3) is 0 Å². The number of fused-ring (bicyclic) bond motifs is 1. The number of carbonyl (C=O) groups excluding carboxylic acids is 1. The van der Waals surface area contributed by atoms with Crippen LogP contribution in [0.4, 0.5) is 16.2 Å². The van der Waals surface area contributed by atoms with Gasteiger partial charge in [0.05, 0.1) is 17.4 Å². The monoisotopic (exact) mass is 280 g/mol. The summed E-state index contributed by atoms with van der Waals surface area (Å²) in [7, 11) is 0. The van der Waals surface area contributed by atoms with Crippen molar-refractivity contribution in [1.82, 2.24) is 9.97 Å². The van der Waals surface area contributed by atoms with E-state index >= 15 is 0 Å². The van der Waals surface area contributed by atoms with Crippen LogP contribution in [0.1, 0.15) is 12.5 Å². The van der Waals surface area contributed by atoms with Gasteiger partial charge in [-0.2, -0.15) is 0 Å². The Morgan fingerprint density at radius 3 is 2.57 bits per heavy atom. The Balaban J connectivity index is 1.67. The van der Waals surface area contributed by atoms with Crippen LogP contribution in [0.2, 0.25) is 0 Å². The van der Waals surface area contributed by atoms with Gasteiger partial charge in [-0.25, -0.2) is 9.78 Å². The average molecular weight is 280 g/mol. The van der Waals surface area contributed by atoms with Crippen LogP contribution in [0.15, 0.2) is 48.8 Å². The molecule has 3 rings (SSSR count). The maximum Gasteiger partial charge on any atom is 0.323 e. The summed E-state index contributed by atoms with van der Waals surface area (Å²) in [5.41, 5.74) is 4.49. The molecule has 0 aliphatic rings. The number of aromatic nitrogens is 2. The summed E-state index contributed by atoms with van der Waals surface area (Å²) in [5.74, 6) is 0. The van der Waals surface area contributed by atoms with Crippen molar-refractivity contribution in [1.29, 1.82) is 0 Å². The van der Waals surface area contributed by atoms with Gasteiger partial charge >= 0.3 is 6.03 Å². The van der Waals surface area contributed by atoms with Crippen molar-refractivity contribution in [3.05, 3.63) is 54.4 Å². The van der Waals surface area contributed by atoms with Crippen LogP contribution in [0.3, 0.4) is 0 Å². The second-order valence-electron chi connectivity index (χ2n) is 4.76. The lowest BCUT2D eigenvalue weighted by Gasteiger charge is -2.08. The van der Waals surface area contributed by atoms with E-state index in [9.17, 15) is 4.79 Å². The lowest BCUT2D eigenvalue weighted by Crippen LogP contribution is -2.19. The molecule has 0 unspecified atom stereocenters. The first-order valence-corrected chi connectivity index (χ1v) is 6.84. The number of rotatable bonds is 3. The van der Waals surface area contributed by atoms with Crippen molar-refractivity contribution in [2.75, 3.05) is 10.6 Å². The van der Waals surface area contributed by atoms with E-state index in [4.69, 9.17) is 0 Å². The first kappa shape index (κ1) is 13.2. The second kappa shape index (κ2) is 5.66. The number of aryl methyl sites for hydroxylation is 1. The van der Waals surface area contributed by atoms with Crippen LogP contribution >= 0.6 is 0 Å². The summed E-state index contributed by atoms with van der Waals surface area (Å²) in [6.07, 6.45) is 2.61. The van der Waals surface area contributed by atoms with Crippen molar-refractivity contribution in [3.63, 3.8) is 0 Å². The van der Waals surface area contributed by atoms with E-state index in [0.717, 1.165) is 28.8 Å². The highest BCUT2D eigenvalue weighted by Crippen LogP contribution is 2.16. The number of hydrogen-bond acceptors (Lipinski definition) is 2. The Labute approximate surface area is 122 Å². The summed E-state index contributed by atoms with van der Waals surface area (Å²) in [4.78, 5) is 19.1. The van der Waals surface area contributed by atoms with Crippen LogP contribution in [0.25, 0.3) is 11.0 Å². The zero-order valence-electron chi connectivity index (χ0n) is 11.7. The molecule has 2 aromatic carbocycles. The molecule has 3 N–H and O–H groups in total. The molecule has 21 heavy (non-hydrogen) atoms. The lowest BCUT2D eigenvalue weighted by molar-refractivity contribution is 0.262. The molecule has 0 saturated heterocycles. The van der Waals surface area contributed by atoms with E-state index in [1.165, 1.54) is 5.56 Å². The van der Waals surface area contributed by atoms with E-state index in [-0.39, 0.29) is 6.03 Å². The lowest BCUT2D eigenvalue weighted by atomic mass is 10.1. The van der Waals surface area contributed by atoms with Crippen molar-refractivity contribution in [3.8, 4) is 0 Å². The Bertz CT molecular complexity index is 761. The molecule has 0 bridgehead atoms. The molecule has 1 heterocycles. The highest BCUT2D eigenvalue weighted by molar-refractivity contribution is 6.00. The highest BCUT2D eigenvalue weighted by atomic mass is 16.2. The van der Waals surface area contributed by atoms with Crippen molar-refractivity contribution in [2.45, 2.75) is 13.3 Å². The van der Waals surface area contributed by atoms with Crippen LogP contribution in [0.5, 0.6) is 0 Å². The molecule has 0 radical (unpaired) electrons. The van der Waals surface area contributed by atoms with Gasteiger partial charge in [-0.05, 0) is 42.3 Å². The first-order chi connectivity index (χ1) is 10.2. The molecule has 0 fully saturated rings. The van der Waals surface area contributed by atoms with Gasteiger partial charge in [0.2, 0.25) is 0 Å². The minimum atomic E-state index is -0.266. The van der Waals surface area contributed by atoms with Crippen molar-refractivity contribution < 1.29 is 4.79 Å². The quantitative estimate of drug-likeness (QED) is 0.683. The molecule has 0 aliphatic heterocycles. The van der Waals surface area contributed by atoms with Gasteiger partial charge in [0.1, 0.15) is 0 Å². The van der Waals surface area contributed by atoms with Crippen LogP contribution in [-0.4, -0.2) is 16.0 Å². The fourth-order valence-corrected chi connectivity index (χ4v) is 2.13. The van der Waals surface area contributed by atoms with Crippen molar-refractivity contribution in [2.24, 2.45) is 0 Å². The molecule has 1 aromatic heterocycles. The minimum absolute atomic E-state index is 0.266. The van der Waals surface area contributed by atoms with E-state index in [1.807, 2.05) is 42.5 Å². The number of nitrogens with zero attached hydrogens (tertiary/aromatic N) is 1. The number of aromatic amines is 1. The number of H-pyrrole nitrogens is 1. The molecular formula is C16H16N4O. The summed E-state index contributed by atoms with van der Waals surface area (Å²) >= 11 is 0. The third-order valence-electron chi connectivity index (χ3n) is 3.30. The Hall–Kier alpha value is -2.82. The van der Waals surface area contributed by atoms with Gasteiger partial charge in [-0.3, -0.25) is 0 Å². The van der Waals surface area contributed by atoms with Crippen LogP contribution in [-0.2, 0) is 6.42 Å². The Kier molecular flexibility index (Phi) is 3.55. The molecule has 0 aliphatic carbocycles. The Morgan fingerprint density at radius 1 is 1.10 bits per heavy atom. The van der Waals surface area contributed by atoms with E-state index in [2.05, 4.69) is 27.5 Å². The summed E-state index contributed by atoms with van der Waals surface area (Å²) < 4.78 is 0. The Morgan fingerprint density at radius 2 is 1.81 bits per heavy atom. The first-order valence-electron chi connectivity index (χ1n) is 6.84. The standard InChI is InChI=1S/C16H16N4O/c1-2-11-3-5-12(6-4-11)19-16(21)20-13-7-8-14-15(9-13)18-10-17-14/h3-10H,2H2,1H3,(H,17,18)(H2,19,20,21). The molecule has 0 saturated carbocycles. The molecule has 3 aromatic rings. The number of nitrogens with one attached hydrogen (secondary N) is 3. The highest BCUT2D eigenvalue weighted by Gasteiger charge is 2.04. The van der Waals surface area contributed by atoms with Gasteiger partial charge < -0.3 is 15.6 Å². The van der Waals surface area contributed by atoms with Crippen LogP contribution in [0, 0.1) is 0 Å². The molecule has 106 valence electrons. The SMILES string of the molecule is CCc1ccc(NC(=O)Nc2ccc3nc[nH]c3c2)cc1. The van der Waals surface area contributed by atoms with Gasteiger partial charge in [-0.1, -0.05) is 19.1 Å². The maximum atomic E-state index is 12.0. The number of amides is 2. The fourth-order valence-electron chi connectivity index (χ4n) is 2.13. The zero-order valence-corrected chi connectivity index (χ0v) is 11.7. The molecular weight excluding hydrogens is 264 g/mol. The fraction of sp³-hybridized carbons (Fsp3) is 0.125. The zero-order chi connectivity index (χ0) is 14.7. The van der Waals surface area contributed by atoms with E-state index in [1.54, 1.807) is 6.33 Å². The van der Waals surface area contributed by atoms with E-state index < -0.39 is 0 Å². The predicted molar refractivity (Wildman–Crippen MR) is 84.6 cm³/mol. The number of imidazole rings is 1. The summed E-state index contributed by atoms with van der Waals surface area (Å²) in [6.45, 7) is 2.10. The predicted octanol–water partition coefficient (Wildman–Crippen LogP) is 3.77. The van der Waals surface area contributed by atoms with E-state index in [0.29, 0.717) is 0 Å². The number of benzene rings is 2. The van der Waals surface area contributed by atoms with Crippen LogP contribution < -0.4 is 10.6 Å². The normalized spacial score (nSPS) is 10.5. The molecule has 0 atom stereocenters. The molecule has 0 spiro atoms. The third kappa shape index (κ3) is 3.02. The molecule has 5 heteroatoms. The minimum Gasteiger partial charge on any atom is -0.345 e. The topological polar surface area (TPSA) is 69.8 Å². The van der Waals surface area contributed by atoms with Gasteiger partial charge in [0.15, 0.2) is 0 Å². The number of anilines is 2. The molecule has 5 nitrogen and oxygen atoms in total. The summed E-state index contributed by atoms with van der Waals surface area (Å²) in [5, 5.41) is 5.61. The second-order valence-corrected chi connectivity index (χ2v) is 4.76. The third-order valence-corrected chi connectivity index (χ3v) is 3.30. The largest absolute Gasteiger partial charge is 0.345 e. The number of carbonyl (C=O) groups is 1.